The predicted octanol–water partition coefficient (Wildman–Crippen LogP) is 6.69. The zero-order chi connectivity index (χ0) is 24.6. The Morgan fingerprint density at radius 1 is 1.11 bits per heavy atom. The summed E-state index contributed by atoms with van der Waals surface area (Å²) in [6.07, 6.45) is 8.60. The number of nitrogens with one attached hydrogen (secondary N) is 1. The number of hydrogen-bond donors (Lipinski definition) is 1. The Hall–Kier alpha value is -3.58. The van der Waals surface area contributed by atoms with Crippen molar-refractivity contribution in [2.45, 2.75) is 55.5 Å². The molecule has 1 fully saturated rings. The molecule has 6 nitrogen and oxygen atoms in total. The molecule has 4 heterocycles. The number of fused-ring (bicyclic) bond motifs is 2. The second-order valence-corrected chi connectivity index (χ2v) is 10.6. The van der Waals surface area contributed by atoms with Crippen molar-refractivity contribution >= 4 is 39.5 Å². The number of Topliss-reactive ketones (excluding diaryl/α,β-unsaturated/α-hetero) is 1. The molecule has 0 unspecified atom stereocenters. The minimum Gasteiger partial charge on any atom is -0.343 e. The second kappa shape index (κ2) is 9.47. The summed E-state index contributed by atoms with van der Waals surface area (Å²) in [5.41, 5.74) is 6.13. The summed E-state index contributed by atoms with van der Waals surface area (Å²) in [4.78, 5) is 35.9. The average molecular weight is 494 g/mol. The van der Waals surface area contributed by atoms with Crippen LogP contribution in [-0.2, 0) is 6.42 Å². The first-order chi connectivity index (χ1) is 17.6. The Kier molecular flexibility index (Phi) is 6.01. The van der Waals surface area contributed by atoms with Crippen LogP contribution in [-0.4, -0.2) is 30.7 Å². The molecular formula is C29H27N5OS. The van der Waals surface area contributed by atoms with Gasteiger partial charge in [-0.2, -0.15) is 0 Å². The number of carbonyl (C=O) groups is 1. The molecule has 0 bridgehead atoms. The van der Waals surface area contributed by atoms with Gasteiger partial charge < -0.3 is 4.98 Å². The number of rotatable bonds is 7. The van der Waals surface area contributed by atoms with Crippen molar-refractivity contribution in [2.24, 2.45) is 5.92 Å². The molecule has 0 spiro atoms. The van der Waals surface area contributed by atoms with E-state index in [1.54, 1.807) is 24.2 Å². The van der Waals surface area contributed by atoms with Gasteiger partial charge in [0.2, 0.25) is 0 Å². The number of aromatic amines is 1. The number of nitrogens with zero attached hydrogens (tertiary/aromatic N) is 4. The number of pyridine rings is 2. The van der Waals surface area contributed by atoms with Gasteiger partial charge in [-0.25, -0.2) is 9.97 Å². The molecule has 0 saturated heterocycles. The molecule has 4 aromatic heterocycles. The molecule has 0 radical (unpaired) electrons. The van der Waals surface area contributed by atoms with Crippen LogP contribution in [0.4, 0.5) is 0 Å². The van der Waals surface area contributed by atoms with Crippen LogP contribution in [0.3, 0.4) is 0 Å². The smallest absolute Gasteiger partial charge is 0.194 e. The van der Waals surface area contributed by atoms with Crippen LogP contribution in [0.25, 0.3) is 21.9 Å². The Morgan fingerprint density at radius 3 is 2.78 bits per heavy atom. The van der Waals surface area contributed by atoms with E-state index in [2.05, 4.69) is 53.1 Å². The van der Waals surface area contributed by atoms with E-state index in [0.29, 0.717) is 23.8 Å². The minimum atomic E-state index is 0.173. The summed E-state index contributed by atoms with van der Waals surface area (Å²) in [6, 6.07) is 14.0. The molecule has 0 atom stereocenters. The summed E-state index contributed by atoms with van der Waals surface area (Å²) < 4.78 is 0. The molecule has 1 aromatic carbocycles. The quantitative estimate of drug-likeness (QED) is 0.201. The second-order valence-electron chi connectivity index (χ2n) is 9.56. The Bertz CT molecular complexity index is 1570. The van der Waals surface area contributed by atoms with Crippen LogP contribution in [0.15, 0.2) is 71.1 Å². The Labute approximate surface area is 214 Å². The van der Waals surface area contributed by atoms with Gasteiger partial charge in [0.15, 0.2) is 10.9 Å². The number of hydrogen-bond acceptors (Lipinski definition) is 6. The van der Waals surface area contributed by atoms with Gasteiger partial charge in [0.05, 0.1) is 11.2 Å². The van der Waals surface area contributed by atoms with Crippen molar-refractivity contribution in [2.75, 3.05) is 0 Å². The molecule has 7 heteroatoms. The molecule has 1 saturated carbocycles. The van der Waals surface area contributed by atoms with Gasteiger partial charge >= 0.3 is 0 Å². The Balaban J connectivity index is 1.28. The largest absolute Gasteiger partial charge is 0.343 e. The molecule has 1 aliphatic rings. The fraction of sp³-hybridized carbons (Fsp3) is 0.276. The highest BCUT2D eigenvalue weighted by Gasteiger charge is 2.35. The van der Waals surface area contributed by atoms with E-state index in [9.17, 15) is 4.79 Å². The van der Waals surface area contributed by atoms with Gasteiger partial charge in [-0.3, -0.25) is 14.8 Å². The SMILES string of the molecule is CCc1[nH]c2nc(Sc3ccc4cccnc4c3)nc(C3CC(CC(=O)c4cccnc4)C3)c2c1C. The molecule has 1 N–H and O–H groups in total. The van der Waals surface area contributed by atoms with Crippen LogP contribution < -0.4 is 0 Å². The summed E-state index contributed by atoms with van der Waals surface area (Å²) in [5, 5.41) is 3.01. The van der Waals surface area contributed by atoms with E-state index in [4.69, 9.17) is 9.97 Å². The van der Waals surface area contributed by atoms with E-state index >= 15 is 0 Å². The molecule has 0 aliphatic heterocycles. The maximum atomic E-state index is 12.7. The molecule has 0 amide bonds. The summed E-state index contributed by atoms with van der Waals surface area (Å²) >= 11 is 1.57. The lowest BCUT2D eigenvalue weighted by Crippen LogP contribution is -2.25. The van der Waals surface area contributed by atoms with Crippen LogP contribution in [0.5, 0.6) is 0 Å². The number of aryl methyl sites for hydroxylation is 2. The van der Waals surface area contributed by atoms with E-state index in [1.165, 1.54) is 11.3 Å². The van der Waals surface area contributed by atoms with Crippen LogP contribution in [0.1, 0.15) is 59.4 Å². The van der Waals surface area contributed by atoms with Gasteiger partial charge in [-0.15, -0.1) is 0 Å². The van der Waals surface area contributed by atoms with E-state index in [-0.39, 0.29) is 5.78 Å². The lowest BCUT2D eigenvalue weighted by atomic mass is 9.70. The standard InChI is InChI=1S/C29H27N5OS/c1-3-23-17(2)26-27(21-12-18(13-21)14-25(35)20-7-4-10-30-16-20)33-29(34-28(26)32-23)36-22-9-8-19-6-5-11-31-24(19)15-22/h4-11,15-16,18,21H,3,12-14H2,1-2H3,(H,32,33,34). The first kappa shape index (κ1) is 22.9. The molecule has 5 aromatic rings. The van der Waals surface area contributed by atoms with Crippen LogP contribution in [0, 0.1) is 12.8 Å². The van der Waals surface area contributed by atoms with Crippen LogP contribution in [0.2, 0.25) is 0 Å². The van der Waals surface area contributed by atoms with Crippen molar-refractivity contribution in [1.82, 2.24) is 24.9 Å². The van der Waals surface area contributed by atoms with Gasteiger partial charge in [0.25, 0.3) is 0 Å². The van der Waals surface area contributed by atoms with Gasteiger partial charge in [0.1, 0.15) is 5.65 Å². The van der Waals surface area contributed by atoms with Crippen molar-refractivity contribution < 1.29 is 4.79 Å². The highest BCUT2D eigenvalue weighted by molar-refractivity contribution is 7.99. The number of H-pyrrole nitrogens is 1. The van der Waals surface area contributed by atoms with Crippen molar-refractivity contribution in [3.8, 4) is 0 Å². The lowest BCUT2D eigenvalue weighted by molar-refractivity contribution is 0.0924. The van der Waals surface area contributed by atoms with E-state index < -0.39 is 0 Å². The Morgan fingerprint density at radius 2 is 1.97 bits per heavy atom. The lowest BCUT2D eigenvalue weighted by Gasteiger charge is -2.35. The zero-order valence-electron chi connectivity index (χ0n) is 20.4. The molecule has 1 aliphatic carbocycles. The zero-order valence-corrected chi connectivity index (χ0v) is 21.2. The fourth-order valence-corrected chi connectivity index (χ4v) is 6.05. The maximum absolute atomic E-state index is 12.7. The monoisotopic (exact) mass is 493 g/mol. The summed E-state index contributed by atoms with van der Waals surface area (Å²) in [7, 11) is 0. The third-order valence-electron chi connectivity index (χ3n) is 7.23. The van der Waals surface area contributed by atoms with Crippen molar-refractivity contribution in [3.05, 3.63) is 83.6 Å². The van der Waals surface area contributed by atoms with Gasteiger partial charge in [-0.05, 0) is 79.8 Å². The number of carbonyl (C=O) groups excluding carboxylic acids is 1. The number of aromatic nitrogens is 5. The number of benzene rings is 1. The summed E-state index contributed by atoms with van der Waals surface area (Å²) in [5.74, 6) is 0.881. The molecule has 6 rings (SSSR count). The van der Waals surface area contributed by atoms with Crippen molar-refractivity contribution in [1.29, 1.82) is 0 Å². The third-order valence-corrected chi connectivity index (χ3v) is 8.09. The topological polar surface area (TPSA) is 84.4 Å². The van der Waals surface area contributed by atoms with Crippen molar-refractivity contribution in [3.63, 3.8) is 0 Å². The normalized spacial score (nSPS) is 17.4. The predicted molar refractivity (Wildman–Crippen MR) is 143 cm³/mol. The first-order valence-electron chi connectivity index (χ1n) is 12.4. The number of ketones is 1. The molecule has 36 heavy (non-hydrogen) atoms. The highest BCUT2D eigenvalue weighted by Crippen LogP contribution is 2.46. The van der Waals surface area contributed by atoms with Gasteiger partial charge in [-0.1, -0.05) is 19.1 Å². The van der Waals surface area contributed by atoms with E-state index in [1.807, 2.05) is 24.4 Å². The first-order valence-corrected chi connectivity index (χ1v) is 13.3. The third kappa shape index (κ3) is 4.28. The molecular weight excluding hydrogens is 466 g/mol. The highest BCUT2D eigenvalue weighted by atomic mass is 32.2. The fourth-order valence-electron chi connectivity index (χ4n) is 5.25. The van der Waals surface area contributed by atoms with Crippen LogP contribution >= 0.6 is 11.8 Å². The average Bonchev–Trinajstić information content (AvgIpc) is 3.21. The molecule has 180 valence electrons. The van der Waals surface area contributed by atoms with Gasteiger partial charge in [0, 0.05) is 57.9 Å². The summed E-state index contributed by atoms with van der Waals surface area (Å²) in [6.45, 7) is 4.32. The minimum absolute atomic E-state index is 0.173. The maximum Gasteiger partial charge on any atom is 0.194 e. The van der Waals surface area contributed by atoms with E-state index in [0.717, 1.165) is 56.9 Å².